The van der Waals surface area contributed by atoms with Crippen molar-refractivity contribution in [1.82, 2.24) is 20.2 Å². The zero-order chi connectivity index (χ0) is 15.4. The van der Waals surface area contributed by atoms with Crippen LogP contribution < -0.4 is 5.32 Å². The van der Waals surface area contributed by atoms with E-state index in [4.69, 9.17) is 0 Å². The Kier molecular flexibility index (Phi) is 4.80. The summed E-state index contributed by atoms with van der Waals surface area (Å²) in [7, 11) is 0. The summed E-state index contributed by atoms with van der Waals surface area (Å²) < 4.78 is 0. The number of nitrogens with one attached hydrogen (secondary N) is 1. The number of amides is 1. The molecule has 0 spiro atoms. The van der Waals surface area contributed by atoms with Gasteiger partial charge in [0.2, 0.25) is 5.91 Å². The summed E-state index contributed by atoms with van der Waals surface area (Å²) in [6.07, 6.45) is 6.17. The Balaban J connectivity index is 1.65. The zero-order valence-corrected chi connectivity index (χ0v) is 13.5. The van der Waals surface area contributed by atoms with Gasteiger partial charge in [-0.3, -0.25) is 19.7 Å². The number of hydrogen-bond donors (Lipinski definition) is 1. The first kappa shape index (κ1) is 15.1. The van der Waals surface area contributed by atoms with E-state index in [0.717, 1.165) is 30.8 Å². The molecular weight excluding hydrogens is 296 g/mol. The highest BCUT2D eigenvalue weighted by Crippen LogP contribution is 2.32. The van der Waals surface area contributed by atoms with Crippen molar-refractivity contribution in [3.63, 3.8) is 0 Å². The maximum atomic E-state index is 10.9. The van der Waals surface area contributed by atoms with Crippen molar-refractivity contribution in [1.29, 1.82) is 0 Å². The highest BCUT2D eigenvalue weighted by Gasteiger charge is 2.27. The second-order valence-corrected chi connectivity index (χ2v) is 6.57. The molecule has 5 nitrogen and oxygen atoms in total. The maximum Gasteiger partial charge on any atom is 0.217 e. The molecule has 22 heavy (non-hydrogen) atoms. The van der Waals surface area contributed by atoms with Crippen molar-refractivity contribution < 1.29 is 4.79 Å². The average Bonchev–Trinajstić information content (AvgIpc) is 3.18. The third-order valence-electron chi connectivity index (χ3n) is 3.94. The Hall–Kier alpha value is -1.79. The molecule has 0 saturated carbocycles. The van der Waals surface area contributed by atoms with E-state index in [1.807, 2.05) is 17.9 Å². The maximum absolute atomic E-state index is 10.9. The number of nitrogens with zero attached hydrogens (tertiary/aromatic N) is 3. The van der Waals surface area contributed by atoms with E-state index >= 15 is 0 Å². The standard InChI is InChI=1S/C16H20N4OS/c1-12(21)18-7-13-4-5-15(19-8-13)16-3-2-6-20(16)10-14-9-17-11-22-14/h4-5,8-9,11,16H,2-3,6-7,10H2,1H3,(H,18,21)/t16-/m0/s1. The van der Waals surface area contributed by atoms with Gasteiger partial charge in [-0.2, -0.15) is 0 Å². The van der Waals surface area contributed by atoms with Crippen LogP contribution in [-0.2, 0) is 17.9 Å². The summed E-state index contributed by atoms with van der Waals surface area (Å²) in [5.74, 6) is -0.0180. The number of carbonyl (C=O) groups excluding carboxylic acids is 1. The second kappa shape index (κ2) is 6.98. The summed E-state index contributed by atoms with van der Waals surface area (Å²) in [6, 6.07) is 4.53. The van der Waals surface area contributed by atoms with E-state index in [9.17, 15) is 4.79 Å². The van der Waals surface area contributed by atoms with Crippen molar-refractivity contribution in [3.05, 3.63) is 46.2 Å². The molecule has 2 aromatic heterocycles. The monoisotopic (exact) mass is 316 g/mol. The van der Waals surface area contributed by atoms with E-state index in [1.54, 1.807) is 11.3 Å². The molecule has 0 unspecified atom stereocenters. The number of rotatable bonds is 5. The molecule has 1 aliphatic heterocycles. The summed E-state index contributed by atoms with van der Waals surface area (Å²) in [4.78, 5) is 23.5. The van der Waals surface area contributed by atoms with Crippen LogP contribution in [0.5, 0.6) is 0 Å². The quantitative estimate of drug-likeness (QED) is 0.921. The molecular formula is C16H20N4OS. The Morgan fingerprint density at radius 2 is 2.36 bits per heavy atom. The number of likely N-dealkylation sites (tertiary alicyclic amines) is 1. The van der Waals surface area contributed by atoms with Gasteiger partial charge in [0.15, 0.2) is 0 Å². The number of pyridine rings is 1. The summed E-state index contributed by atoms with van der Waals surface area (Å²) in [5, 5.41) is 2.79. The van der Waals surface area contributed by atoms with Crippen LogP contribution in [0.4, 0.5) is 0 Å². The van der Waals surface area contributed by atoms with Gasteiger partial charge in [-0.25, -0.2) is 0 Å². The minimum absolute atomic E-state index is 0.0180. The van der Waals surface area contributed by atoms with Gasteiger partial charge in [0.25, 0.3) is 0 Å². The fraction of sp³-hybridized carbons (Fsp3) is 0.438. The molecule has 1 N–H and O–H groups in total. The van der Waals surface area contributed by atoms with Crippen LogP contribution in [0.3, 0.4) is 0 Å². The van der Waals surface area contributed by atoms with Gasteiger partial charge in [0.05, 0.1) is 17.2 Å². The predicted molar refractivity (Wildman–Crippen MR) is 86.3 cm³/mol. The largest absolute Gasteiger partial charge is 0.352 e. The van der Waals surface area contributed by atoms with Crippen molar-refractivity contribution in [2.75, 3.05) is 6.54 Å². The molecule has 116 valence electrons. The molecule has 0 radical (unpaired) electrons. The van der Waals surface area contributed by atoms with Crippen LogP contribution in [0.25, 0.3) is 0 Å². The molecule has 0 aromatic carbocycles. The Morgan fingerprint density at radius 3 is 3.05 bits per heavy atom. The molecule has 1 aliphatic rings. The molecule has 6 heteroatoms. The number of thiazole rings is 1. The average molecular weight is 316 g/mol. The third-order valence-corrected chi connectivity index (χ3v) is 4.70. The van der Waals surface area contributed by atoms with Crippen LogP contribution >= 0.6 is 11.3 Å². The van der Waals surface area contributed by atoms with Crippen LogP contribution in [0.1, 0.15) is 41.9 Å². The normalized spacial score (nSPS) is 18.5. The third kappa shape index (κ3) is 3.69. The van der Waals surface area contributed by atoms with Gasteiger partial charge in [0.1, 0.15) is 0 Å². The lowest BCUT2D eigenvalue weighted by Gasteiger charge is -2.23. The van der Waals surface area contributed by atoms with Gasteiger partial charge in [0, 0.05) is 37.3 Å². The van der Waals surface area contributed by atoms with E-state index < -0.39 is 0 Å². The van der Waals surface area contributed by atoms with Crippen LogP contribution in [0.15, 0.2) is 30.0 Å². The molecule has 3 rings (SSSR count). The minimum Gasteiger partial charge on any atom is -0.352 e. The van der Waals surface area contributed by atoms with Gasteiger partial charge < -0.3 is 5.32 Å². The molecule has 0 aliphatic carbocycles. The van der Waals surface area contributed by atoms with E-state index in [0.29, 0.717) is 12.6 Å². The number of carbonyl (C=O) groups is 1. The molecule has 1 atom stereocenters. The van der Waals surface area contributed by atoms with Gasteiger partial charge >= 0.3 is 0 Å². The predicted octanol–water partition coefficient (Wildman–Crippen LogP) is 2.51. The molecule has 1 saturated heterocycles. The van der Waals surface area contributed by atoms with Crippen molar-refractivity contribution >= 4 is 17.2 Å². The lowest BCUT2D eigenvalue weighted by molar-refractivity contribution is -0.119. The fourth-order valence-electron chi connectivity index (χ4n) is 2.83. The van der Waals surface area contributed by atoms with E-state index in [2.05, 4.69) is 32.3 Å². The summed E-state index contributed by atoms with van der Waals surface area (Å²) in [5.41, 5.74) is 4.04. The highest BCUT2D eigenvalue weighted by molar-refractivity contribution is 7.09. The molecule has 3 heterocycles. The second-order valence-electron chi connectivity index (χ2n) is 5.60. The van der Waals surface area contributed by atoms with Crippen LogP contribution in [0.2, 0.25) is 0 Å². The van der Waals surface area contributed by atoms with Gasteiger partial charge in [-0.15, -0.1) is 11.3 Å². The first-order valence-electron chi connectivity index (χ1n) is 7.53. The first-order chi connectivity index (χ1) is 10.7. The topological polar surface area (TPSA) is 58.1 Å². The first-order valence-corrected chi connectivity index (χ1v) is 8.41. The van der Waals surface area contributed by atoms with Gasteiger partial charge in [-0.1, -0.05) is 6.07 Å². The lowest BCUT2D eigenvalue weighted by atomic mass is 10.1. The van der Waals surface area contributed by atoms with Crippen molar-refractivity contribution in [2.45, 2.75) is 38.9 Å². The highest BCUT2D eigenvalue weighted by atomic mass is 32.1. The van der Waals surface area contributed by atoms with Crippen molar-refractivity contribution in [3.8, 4) is 0 Å². The Labute approximate surface area is 134 Å². The van der Waals surface area contributed by atoms with E-state index in [1.165, 1.54) is 18.2 Å². The molecule has 1 fully saturated rings. The summed E-state index contributed by atoms with van der Waals surface area (Å²) in [6.45, 7) is 4.12. The Bertz CT molecular complexity index is 612. The number of hydrogen-bond acceptors (Lipinski definition) is 5. The lowest BCUT2D eigenvalue weighted by Crippen LogP contribution is -2.23. The number of aromatic nitrogens is 2. The SMILES string of the molecule is CC(=O)NCc1ccc([C@@H]2CCCN2Cc2cncs2)nc1. The van der Waals surface area contributed by atoms with Crippen LogP contribution in [0, 0.1) is 0 Å². The Morgan fingerprint density at radius 1 is 1.45 bits per heavy atom. The molecule has 1 amide bonds. The molecule has 2 aromatic rings. The smallest absolute Gasteiger partial charge is 0.217 e. The summed E-state index contributed by atoms with van der Waals surface area (Å²) >= 11 is 1.71. The van der Waals surface area contributed by atoms with Gasteiger partial charge in [-0.05, 0) is 31.0 Å². The molecule has 0 bridgehead atoms. The zero-order valence-electron chi connectivity index (χ0n) is 12.7. The van der Waals surface area contributed by atoms with Crippen molar-refractivity contribution in [2.24, 2.45) is 0 Å². The van der Waals surface area contributed by atoms with E-state index in [-0.39, 0.29) is 5.91 Å². The minimum atomic E-state index is -0.0180. The fourth-order valence-corrected chi connectivity index (χ4v) is 3.45. The van der Waals surface area contributed by atoms with Crippen LogP contribution in [-0.4, -0.2) is 27.3 Å².